The molecule has 2 aliphatic rings. The normalized spacial score (nSPS) is 29.6. The van der Waals surface area contributed by atoms with Crippen LogP contribution >= 0.6 is 11.8 Å². The van der Waals surface area contributed by atoms with Gasteiger partial charge in [-0.1, -0.05) is 18.2 Å². The van der Waals surface area contributed by atoms with Crippen molar-refractivity contribution in [1.29, 1.82) is 0 Å². The molecule has 0 heterocycles. The highest BCUT2D eigenvalue weighted by molar-refractivity contribution is 7.98. The number of allylic oxidation sites excluding steroid dienone is 2. The monoisotopic (exact) mass is 303 g/mol. The van der Waals surface area contributed by atoms with E-state index in [1.54, 1.807) is 11.8 Å². The summed E-state index contributed by atoms with van der Waals surface area (Å²) >= 11 is 1.60. The molecule has 1 saturated carbocycles. The number of hydrogen-bond donors (Lipinski definition) is 2. The number of amides is 1. The minimum absolute atomic E-state index is 0.000724. The fourth-order valence-corrected chi connectivity index (χ4v) is 3.90. The number of anilines is 1. The highest BCUT2D eigenvalue weighted by Gasteiger charge is 2.51. The first-order chi connectivity index (χ1) is 10.1. The second-order valence-electron chi connectivity index (χ2n) is 5.56. The summed E-state index contributed by atoms with van der Waals surface area (Å²) in [5.41, 5.74) is 0.725. The molecule has 0 aromatic heterocycles. The summed E-state index contributed by atoms with van der Waals surface area (Å²) in [6, 6.07) is 7.59. The molecule has 21 heavy (non-hydrogen) atoms. The Kier molecular flexibility index (Phi) is 3.76. The predicted octanol–water partition coefficient (Wildman–Crippen LogP) is 2.87. The van der Waals surface area contributed by atoms with Gasteiger partial charge in [-0.2, -0.15) is 0 Å². The molecule has 2 N–H and O–H groups in total. The summed E-state index contributed by atoms with van der Waals surface area (Å²) in [6.45, 7) is 0. The molecule has 0 radical (unpaired) electrons. The van der Waals surface area contributed by atoms with E-state index in [1.165, 1.54) is 0 Å². The van der Waals surface area contributed by atoms with Crippen molar-refractivity contribution in [2.24, 2.45) is 23.7 Å². The zero-order valence-corrected chi connectivity index (χ0v) is 12.5. The number of carbonyl (C=O) groups is 2. The van der Waals surface area contributed by atoms with Crippen molar-refractivity contribution >= 4 is 29.3 Å². The molecule has 1 aromatic carbocycles. The Labute approximate surface area is 127 Å². The molecule has 0 aliphatic heterocycles. The van der Waals surface area contributed by atoms with Gasteiger partial charge in [-0.25, -0.2) is 0 Å². The zero-order valence-electron chi connectivity index (χ0n) is 11.7. The molecule has 4 unspecified atom stereocenters. The lowest BCUT2D eigenvalue weighted by Gasteiger charge is -2.23. The number of carbonyl (C=O) groups excluding carboxylic acids is 1. The predicted molar refractivity (Wildman–Crippen MR) is 82.2 cm³/mol. The van der Waals surface area contributed by atoms with Crippen molar-refractivity contribution in [2.45, 2.75) is 11.3 Å². The molecule has 5 heteroatoms. The smallest absolute Gasteiger partial charge is 0.307 e. The van der Waals surface area contributed by atoms with E-state index >= 15 is 0 Å². The number of rotatable bonds is 4. The van der Waals surface area contributed by atoms with E-state index in [4.69, 9.17) is 0 Å². The summed E-state index contributed by atoms with van der Waals surface area (Å²) in [4.78, 5) is 25.0. The number of nitrogens with one attached hydrogen (secondary N) is 1. The van der Waals surface area contributed by atoms with Crippen LogP contribution in [0.15, 0.2) is 41.3 Å². The fraction of sp³-hybridized carbons (Fsp3) is 0.375. The van der Waals surface area contributed by atoms with Gasteiger partial charge in [0, 0.05) is 10.6 Å². The van der Waals surface area contributed by atoms with Crippen LogP contribution in [0.1, 0.15) is 6.42 Å². The van der Waals surface area contributed by atoms with E-state index in [0.717, 1.165) is 17.0 Å². The Morgan fingerprint density at radius 3 is 2.62 bits per heavy atom. The summed E-state index contributed by atoms with van der Waals surface area (Å²) in [5.74, 6) is -2.05. The maximum Gasteiger partial charge on any atom is 0.307 e. The van der Waals surface area contributed by atoms with Gasteiger partial charge in [0.2, 0.25) is 5.91 Å². The molecular formula is C16H17NO3S. The Balaban J connectivity index is 1.78. The Morgan fingerprint density at radius 2 is 1.95 bits per heavy atom. The maximum absolute atomic E-state index is 12.5. The van der Waals surface area contributed by atoms with Crippen LogP contribution in [0.2, 0.25) is 0 Å². The minimum atomic E-state index is -0.870. The molecule has 1 fully saturated rings. The third kappa shape index (κ3) is 2.58. The van der Waals surface area contributed by atoms with E-state index in [0.29, 0.717) is 0 Å². The number of carboxylic acids is 1. The zero-order chi connectivity index (χ0) is 15.0. The molecule has 2 bridgehead atoms. The van der Waals surface area contributed by atoms with Gasteiger partial charge in [0.05, 0.1) is 11.8 Å². The molecule has 110 valence electrons. The Bertz CT molecular complexity index is 613. The van der Waals surface area contributed by atoms with Crippen LogP contribution < -0.4 is 5.32 Å². The average Bonchev–Trinajstić information content (AvgIpc) is 3.07. The van der Waals surface area contributed by atoms with Crippen LogP contribution in [-0.2, 0) is 9.59 Å². The first-order valence-corrected chi connectivity index (χ1v) is 8.18. The number of hydrogen-bond acceptors (Lipinski definition) is 3. The Hall–Kier alpha value is -1.75. The van der Waals surface area contributed by atoms with Crippen LogP contribution in [0.3, 0.4) is 0 Å². The largest absolute Gasteiger partial charge is 0.481 e. The van der Waals surface area contributed by atoms with Gasteiger partial charge < -0.3 is 10.4 Å². The number of carboxylic acid groups (broad SMARTS) is 1. The molecule has 4 atom stereocenters. The first-order valence-electron chi connectivity index (χ1n) is 6.96. The van der Waals surface area contributed by atoms with Crippen molar-refractivity contribution < 1.29 is 14.7 Å². The van der Waals surface area contributed by atoms with E-state index in [2.05, 4.69) is 5.32 Å². The fourth-order valence-electron chi connectivity index (χ4n) is 3.44. The number of aliphatic carboxylic acids is 1. The lowest BCUT2D eigenvalue weighted by Crippen LogP contribution is -2.36. The highest BCUT2D eigenvalue weighted by atomic mass is 32.2. The number of benzene rings is 1. The lowest BCUT2D eigenvalue weighted by molar-refractivity contribution is -0.146. The molecular weight excluding hydrogens is 286 g/mol. The van der Waals surface area contributed by atoms with Crippen molar-refractivity contribution in [2.75, 3.05) is 11.6 Å². The van der Waals surface area contributed by atoms with Crippen molar-refractivity contribution in [3.8, 4) is 0 Å². The van der Waals surface area contributed by atoms with E-state index in [9.17, 15) is 14.7 Å². The van der Waals surface area contributed by atoms with Gasteiger partial charge in [-0.05, 0) is 42.7 Å². The van der Waals surface area contributed by atoms with Gasteiger partial charge in [0.1, 0.15) is 0 Å². The third-order valence-corrected chi connectivity index (χ3v) is 5.11. The number of fused-ring (bicyclic) bond motifs is 2. The topological polar surface area (TPSA) is 66.4 Å². The molecule has 1 aromatic rings. The van der Waals surface area contributed by atoms with Crippen molar-refractivity contribution in [3.05, 3.63) is 36.4 Å². The van der Waals surface area contributed by atoms with Crippen LogP contribution in [0.25, 0.3) is 0 Å². The quantitative estimate of drug-likeness (QED) is 0.663. The average molecular weight is 303 g/mol. The van der Waals surface area contributed by atoms with E-state index in [1.807, 2.05) is 42.7 Å². The van der Waals surface area contributed by atoms with Crippen molar-refractivity contribution in [1.82, 2.24) is 0 Å². The Morgan fingerprint density at radius 1 is 1.24 bits per heavy atom. The molecule has 2 aliphatic carbocycles. The van der Waals surface area contributed by atoms with Crippen LogP contribution in [0.4, 0.5) is 5.69 Å². The summed E-state index contributed by atoms with van der Waals surface area (Å²) in [6.07, 6.45) is 6.69. The first kappa shape index (κ1) is 14.2. The van der Waals surface area contributed by atoms with Crippen LogP contribution in [0.5, 0.6) is 0 Å². The third-order valence-electron chi connectivity index (χ3n) is 4.38. The lowest BCUT2D eigenvalue weighted by atomic mass is 9.82. The molecule has 1 amide bonds. The molecule has 3 rings (SSSR count). The molecule has 0 spiro atoms. The molecule has 0 saturated heterocycles. The van der Waals surface area contributed by atoms with Gasteiger partial charge in [-0.15, -0.1) is 11.8 Å². The summed E-state index contributed by atoms with van der Waals surface area (Å²) in [5, 5.41) is 12.3. The summed E-state index contributed by atoms with van der Waals surface area (Å²) in [7, 11) is 0. The van der Waals surface area contributed by atoms with Gasteiger partial charge in [0.25, 0.3) is 0 Å². The van der Waals surface area contributed by atoms with Crippen LogP contribution in [-0.4, -0.2) is 23.2 Å². The van der Waals surface area contributed by atoms with E-state index in [-0.39, 0.29) is 17.7 Å². The van der Waals surface area contributed by atoms with Crippen molar-refractivity contribution in [3.63, 3.8) is 0 Å². The highest BCUT2D eigenvalue weighted by Crippen LogP contribution is 2.48. The van der Waals surface area contributed by atoms with E-state index < -0.39 is 17.8 Å². The molecule has 4 nitrogen and oxygen atoms in total. The minimum Gasteiger partial charge on any atom is -0.481 e. The van der Waals surface area contributed by atoms with Gasteiger partial charge in [0.15, 0.2) is 0 Å². The van der Waals surface area contributed by atoms with Crippen LogP contribution in [0, 0.1) is 23.7 Å². The maximum atomic E-state index is 12.5. The second-order valence-corrected chi connectivity index (χ2v) is 6.44. The van der Waals surface area contributed by atoms with Gasteiger partial charge in [-0.3, -0.25) is 9.59 Å². The number of thioether (sulfide) groups is 1. The van der Waals surface area contributed by atoms with Gasteiger partial charge >= 0.3 is 5.97 Å². The SMILES string of the molecule is CSc1cccc(NC(=O)C2C3C=CC(C3)C2C(=O)O)c1. The standard InChI is InChI=1S/C16H17NO3S/c1-21-12-4-2-3-11(8-12)17-15(18)13-9-5-6-10(7-9)14(13)16(19)20/h2-6,8-10,13-14H,7H2,1H3,(H,17,18)(H,19,20). The second kappa shape index (κ2) is 5.56. The summed E-state index contributed by atoms with van der Waals surface area (Å²) < 4.78 is 0.